The molecule has 1 aromatic carbocycles. The molecule has 0 unspecified atom stereocenters. The van der Waals surface area contributed by atoms with Crippen LogP contribution in [0.5, 0.6) is 5.75 Å². The lowest BCUT2D eigenvalue weighted by Gasteiger charge is -2.10. The Morgan fingerprint density at radius 1 is 1.22 bits per heavy atom. The predicted molar refractivity (Wildman–Crippen MR) is 111 cm³/mol. The zero-order chi connectivity index (χ0) is 23.5. The second-order valence-electron chi connectivity index (χ2n) is 6.58. The summed E-state index contributed by atoms with van der Waals surface area (Å²) in [6.07, 6.45) is -5.05. The molecule has 0 bridgehead atoms. The molecule has 1 amide bonds. The molecule has 8 nitrogen and oxygen atoms in total. The van der Waals surface area contributed by atoms with Gasteiger partial charge in [-0.1, -0.05) is 0 Å². The van der Waals surface area contributed by atoms with E-state index < -0.39 is 28.0 Å². The number of alkyl halides is 3. The highest BCUT2D eigenvalue weighted by Crippen LogP contribution is 2.29. The maximum Gasteiger partial charge on any atom is 0.573 e. The third-order valence-corrected chi connectivity index (χ3v) is 6.31. The van der Waals surface area contributed by atoms with Crippen molar-refractivity contribution in [3.05, 3.63) is 47.2 Å². The van der Waals surface area contributed by atoms with Gasteiger partial charge in [0.25, 0.3) is 0 Å². The van der Waals surface area contributed by atoms with Crippen LogP contribution in [0.25, 0.3) is 11.3 Å². The van der Waals surface area contributed by atoms with E-state index in [0.29, 0.717) is 16.6 Å². The number of carbonyl (C=O) groups excluding carboxylic acids is 1. The molecular weight excluding hydrogens is 471 g/mol. The summed E-state index contributed by atoms with van der Waals surface area (Å²) in [6, 6.07) is 5.56. The van der Waals surface area contributed by atoms with Gasteiger partial charge in [-0.15, -0.1) is 24.5 Å². The monoisotopic (exact) mass is 489 g/mol. The third kappa shape index (κ3) is 6.31. The largest absolute Gasteiger partial charge is 0.573 e. The van der Waals surface area contributed by atoms with Gasteiger partial charge in [-0.2, -0.15) is 0 Å². The molecular formula is C19H18F3N3O5S2. The van der Waals surface area contributed by atoms with Gasteiger partial charge in [0.2, 0.25) is 15.9 Å². The zero-order valence-corrected chi connectivity index (χ0v) is 18.5. The van der Waals surface area contributed by atoms with E-state index >= 15 is 0 Å². The first-order valence-electron chi connectivity index (χ1n) is 9.11. The van der Waals surface area contributed by atoms with Crippen molar-refractivity contribution in [1.29, 1.82) is 0 Å². The summed E-state index contributed by atoms with van der Waals surface area (Å²) in [4.78, 5) is 16.2. The first kappa shape index (κ1) is 23.8. The number of amides is 1. The number of carbonyl (C=O) groups is 1. The van der Waals surface area contributed by atoms with E-state index in [0.717, 1.165) is 35.6 Å². The second-order valence-corrected chi connectivity index (χ2v) is 9.21. The van der Waals surface area contributed by atoms with Crippen LogP contribution < -0.4 is 14.8 Å². The number of hydrogen-bond acceptors (Lipinski definition) is 7. The van der Waals surface area contributed by atoms with E-state index in [1.165, 1.54) is 11.3 Å². The Hall–Kier alpha value is -2.90. The Balaban J connectivity index is 1.51. The smallest absolute Gasteiger partial charge is 0.466 e. The van der Waals surface area contributed by atoms with Gasteiger partial charge < -0.3 is 14.5 Å². The minimum absolute atomic E-state index is 0.173. The molecule has 0 aliphatic carbocycles. The normalized spacial score (nSPS) is 12.0. The Bertz CT molecular complexity index is 1200. The molecule has 0 fully saturated rings. The fourth-order valence-electron chi connectivity index (χ4n) is 2.72. The summed E-state index contributed by atoms with van der Waals surface area (Å²) >= 11 is 1.22. The summed E-state index contributed by atoms with van der Waals surface area (Å²) in [7, 11) is -4.01. The summed E-state index contributed by atoms with van der Waals surface area (Å²) < 4.78 is 72.4. The van der Waals surface area contributed by atoms with Crippen molar-refractivity contribution >= 4 is 32.4 Å². The zero-order valence-electron chi connectivity index (χ0n) is 16.8. The number of thiazole rings is 1. The number of nitrogens with one attached hydrogen (secondary N) is 2. The molecule has 0 aliphatic rings. The Kier molecular flexibility index (Phi) is 6.91. The highest BCUT2D eigenvalue weighted by Gasteiger charge is 2.31. The predicted octanol–water partition coefficient (Wildman–Crippen LogP) is 4.23. The van der Waals surface area contributed by atoms with Crippen LogP contribution in [-0.4, -0.2) is 32.2 Å². The number of hydrogen-bond donors (Lipinski definition) is 2. The molecule has 13 heteroatoms. The number of anilines is 1. The standard InChI is InChI=1S/C19H18F3N3O5S2/c1-11-9-15(12(2)29-11)16-10-31-18(24-16)25-17(26)7-8-23-32(27,28)14-5-3-13(4-6-14)30-19(20,21)22/h3-6,9-10,23H,7-8H2,1-2H3,(H,24,25,26). The van der Waals surface area contributed by atoms with Crippen molar-refractivity contribution in [2.75, 3.05) is 11.9 Å². The quantitative estimate of drug-likeness (QED) is 0.490. The molecule has 0 saturated carbocycles. The maximum absolute atomic E-state index is 12.2. The van der Waals surface area contributed by atoms with E-state index in [1.807, 2.05) is 19.9 Å². The van der Waals surface area contributed by atoms with Crippen molar-refractivity contribution in [2.24, 2.45) is 0 Å². The van der Waals surface area contributed by atoms with Crippen LogP contribution in [0.15, 0.2) is 45.0 Å². The minimum atomic E-state index is -4.87. The molecule has 0 radical (unpaired) electrons. The lowest BCUT2D eigenvalue weighted by molar-refractivity contribution is -0.274. The van der Waals surface area contributed by atoms with Crippen LogP contribution in [0.2, 0.25) is 0 Å². The van der Waals surface area contributed by atoms with E-state index in [1.54, 1.807) is 5.38 Å². The van der Waals surface area contributed by atoms with Gasteiger partial charge in [-0.3, -0.25) is 4.79 Å². The number of benzene rings is 1. The molecule has 0 saturated heterocycles. The second kappa shape index (κ2) is 9.30. The number of aryl methyl sites for hydroxylation is 2. The molecule has 2 heterocycles. The summed E-state index contributed by atoms with van der Waals surface area (Å²) in [5, 5.41) is 4.71. The number of furan rings is 1. The van der Waals surface area contributed by atoms with E-state index in [9.17, 15) is 26.4 Å². The number of nitrogens with zero attached hydrogens (tertiary/aromatic N) is 1. The number of ether oxygens (including phenoxy) is 1. The lowest BCUT2D eigenvalue weighted by Crippen LogP contribution is -2.27. The third-order valence-electron chi connectivity index (χ3n) is 4.08. The van der Waals surface area contributed by atoms with Crippen molar-refractivity contribution in [3.63, 3.8) is 0 Å². The Labute approximate surface area is 185 Å². The summed E-state index contributed by atoms with van der Waals surface area (Å²) in [5.74, 6) is 0.450. The van der Waals surface area contributed by atoms with E-state index in [-0.39, 0.29) is 17.9 Å². The molecule has 0 aliphatic heterocycles. The van der Waals surface area contributed by atoms with E-state index in [4.69, 9.17) is 4.42 Å². The van der Waals surface area contributed by atoms with Crippen LogP contribution >= 0.6 is 11.3 Å². The minimum Gasteiger partial charge on any atom is -0.466 e. The first-order chi connectivity index (χ1) is 14.9. The number of halogens is 3. The van der Waals surface area contributed by atoms with Gasteiger partial charge in [0.15, 0.2) is 5.13 Å². The fraction of sp³-hybridized carbons (Fsp3) is 0.263. The topological polar surface area (TPSA) is 111 Å². The van der Waals surface area contributed by atoms with Gasteiger partial charge in [0.1, 0.15) is 17.3 Å². The van der Waals surface area contributed by atoms with Gasteiger partial charge in [0, 0.05) is 23.9 Å². The SMILES string of the molecule is Cc1cc(-c2csc(NC(=O)CCNS(=O)(=O)c3ccc(OC(F)(F)F)cc3)n2)c(C)o1. The first-order valence-corrected chi connectivity index (χ1v) is 11.5. The van der Waals surface area contributed by atoms with Crippen molar-refractivity contribution in [3.8, 4) is 17.0 Å². The van der Waals surface area contributed by atoms with Crippen LogP contribution in [0.4, 0.5) is 18.3 Å². The average molecular weight is 489 g/mol. The van der Waals surface area contributed by atoms with Gasteiger partial charge in [-0.25, -0.2) is 18.1 Å². The van der Waals surface area contributed by atoms with Gasteiger partial charge in [-0.05, 0) is 44.2 Å². The lowest BCUT2D eigenvalue weighted by atomic mass is 10.2. The highest BCUT2D eigenvalue weighted by molar-refractivity contribution is 7.89. The maximum atomic E-state index is 12.2. The van der Waals surface area contributed by atoms with Crippen molar-refractivity contribution in [2.45, 2.75) is 31.5 Å². The number of rotatable bonds is 8. The Morgan fingerprint density at radius 3 is 2.50 bits per heavy atom. The van der Waals surface area contributed by atoms with Gasteiger partial charge >= 0.3 is 6.36 Å². The molecule has 3 aromatic rings. The van der Waals surface area contributed by atoms with Gasteiger partial charge in [0.05, 0.1) is 10.6 Å². The van der Waals surface area contributed by atoms with Crippen LogP contribution in [0.3, 0.4) is 0 Å². The van der Waals surface area contributed by atoms with Crippen LogP contribution in [-0.2, 0) is 14.8 Å². The molecule has 0 spiro atoms. The fourth-order valence-corrected chi connectivity index (χ4v) is 4.48. The van der Waals surface area contributed by atoms with Crippen molar-refractivity contribution in [1.82, 2.24) is 9.71 Å². The molecule has 32 heavy (non-hydrogen) atoms. The Morgan fingerprint density at radius 2 is 1.91 bits per heavy atom. The number of aromatic nitrogens is 1. The highest BCUT2D eigenvalue weighted by atomic mass is 32.2. The van der Waals surface area contributed by atoms with Crippen LogP contribution in [0, 0.1) is 13.8 Å². The molecule has 3 rings (SSSR count). The molecule has 172 valence electrons. The van der Waals surface area contributed by atoms with Crippen LogP contribution in [0.1, 0.15) is 17.9 Å². The van der Waals surface area contributed by atoms with Crippen molar-refractivity contribution < 1.29 is 35.5 Å². The molecule has 0 atom stereocenters. The summed E-state index contributed by atoms with van der Waals surface area (Å²) in [6.45, 7) is 3.41. The average Bonchev–Trinajstić information content (AvgIpc) is 3.26. The van der Waals surface area contributed by atoms with E-state index in [2.05, 4.69) is 19.8 Å². The molecule has 2 aromatic heterocycles. The number of sulfonamides is 1. The molecule has 2 N–H and O–H groups in total. The summed E-state index contributed by atoms with van der Waals surface area (Å²) in [5.41, 5.74) is 1.47.